The van der Waals surface area contributed by atoms with Crippen LogP contribution in [0.1, 0.15) is 20.9 Å². The molecule has 68 valence electrons. The molecule has 0 spiro atoms. The molecule has 1 N–H and O–H groups in total. The van der Waals surface area contributed by atoms with Gasteiger partial charge < -0.3 is 9.51 Å². The van der Waals surface area contributed by atoms with E-state index in [0.29, 0.717) is 5.69 Å². The second kappa shape index (κ2) is 2.60. The van der Waals surface area contributed by atoms with E-state index in [1.165, 1.54) is 11.3 Å². The van der Waals surface area contributed by atoms with Crippen LogP contribution in [0.5, 0.6) is 0 Å². The van der Waals surface area contributed by atoms with Crippen molar-refractivity contribution in [2.24, 2.45) is 0 Å². The van der Waals surface area contributed by atoms with Gasteiger partial charge >= 0.3 is 5.97 Å². The van der Waals surface area contributed by atoms with Crippen LogP contribution in [0, 0.1) is 13.8 Å². The molecular formula is C9H9NO2S. The van der Waals surface area contributed by atoms with Crippen molar-refractivity contribution in [3.8, 4) is 0 Å². The van der Waals surface area contributed by atoms with Gasteiger partial charge in [-0.15, -0.1) is 11.3 Å². The number of hydrogen-bond donors (Lipinski definition) is 1. The van der Waals surface area contributed by atoms with Crippen LogP contribution in [0.4, 0.5) is 0 Å². The molecule has 0 aliphatic carbocycles. The highest BCUT2D eigenvalue weighted by molar-refractivity contribution is 7.17. The van der Waals surface area contributed by atoms with E-state index in [4.69, 9.17) is 5.11 Å². The minimum Gasteiger partial charge on any atom is -0.477 e. The minimum absolute atomic E-state index is 0.383. The Labute approximate surface area is 79.2 Å². The molecular weight excluding hydrogens is 186 g/mol. The van der Waals surface area contributed by atoms with E-state index in [1.54, 1.807) is 4.40 Å². The second-order valence-electron chi connectivity index (χ2n) is 3.04. The minimum atomic E-state index is -0.862. The zero-order valence-electron chi connectivity index (χ0n) is 7.37. The zero-order chi connectivity index (χ0) is 9.59. The molecule has 3 nitrogen and oxygen atoms in total. The normalized spacial score (nSPS) is 10.9. The molecule has 2 rings (SSSR count). The number of carboxylic acid groups (broad SMARTS) is 1. The Kier molecular flexibility index (Phi) is 1.66. The van der Waals surface area contributed by atoms with Crippen LogP contribution < -0.4 is 0 Å². The predicted molar refractivity (Wildman–Crippen MR) is 51.7 cm³/mol. The number of rotatable bonds is 1. The van der Waals surface area contributed by atoms with Crippen molar-refractivity contribution in [3.05, 3.63) is 28.4 Å². The lowest BCUT2D eigenvalue weighted by Gasteiger charge is -1.92. The predicted octanol–water partition coefficient (Wildman–Crippen LogP) is 2.32. The van der Waals surface area contributed by atoms with E-state index in [-0.39, 0.29) is 0 Å². The van der Waals surface area contributed by atoms with E-state index in [1.807, 2.05) is 26.1 Å². The molecule has 0 atom stereocenters. The van der Waals surface area contributed by atoms with E-state index in [9.17, 15) is 4.79 Å². The summed E-state index contributed by atoms with van der Waals surface area (Å²) in [6.45, 7) is 3.79. The summed E-state index contributed by atoms with van der Waals surface area (Å²) in [6.07, 6.45) is 1.85. The van der Waals surface area contributed by atoms with Crippen LogP contribution >= 0.6 is 11.3 Å². The fourth-order valence-electron chi connectivity index (χ4n) is 1.45. The molecule has 13 heavy (non-hydrogen) atoms. The summed E-state index contributed by atoms with van der Waals surface area (Å²) < 4.78 is 1.73. The van der Waals surface area contributed by atoms with Gasteiger partial charge in [-0.1, -0.05) is 0 Å². The SMILES string of the molecule is Cc1cc2sc(C)c(C(=O)O)n2c1. The van der Waals surface area contributed by atoms with Crippen LogP contribution in [0.25, 0.3) is 4.83 Å². The topological polar surface area (TPSA) is 41.7 Å². The highest BCUT2D eigenvalue weighted by Gasteiger charge is 2.15. The highest BCUT2D eigenvalue weighted by Crippen LogP contribution is 2.24. The van der Waals surface area contributed by atoms with Crippen LogP contribution in [0.15, 0.2) is 12.3 Å². The van der Waals surface area contributed by atoms with Crippen molar-refractivity contribution in [1.29, 1.82) is 0 Å². The molecule has 2 aromatic heterocycles. The maximum atomic E-state index is 10.9. The highest BCUT2D eigenvalue weighted by atomic mass is 32.1. The zero-order valence-corrected chi connectivity index (χ0v) is 8.18. The second-order valence-corrected chi connectivity index (χ2v) is 4.27. The summed E-state index contributed by atoms with van der Waals surface area (Å²) >= 11 is 1.51. The van der Waals surface area contributed by atoms with E-state index in [0.717, 1.165) is 15.3 Å². The number of carboxylic acids is 1. The lowest BCUT2D eigenvalue weighted by Crippen LogP contribution is -2.01. The fourth-order valence-corrected chi connectivity index (χ4v) is 2.53. The number of thiazole rings is 1. The molecule has 0 aliphatic rings. The van der Waals surface area contributed by atoms with Gasteiger partial charge in [0.1, 0.15) is 10.5 Å². The van der Waals surface area contributed by atoms with Crippen molar-refractivity contribution >= 4 is 22.1 Å². The Bertz CT molecular complexity index is 481. The first kappa shape index (κ1) is 8.31. The van der Waals surface area contributed by atoms with Crippen molar-refractivity contribution in [2.75, 3.05) is 0 Å². The van der Waals surface area contributed by atoms with Crippen LogP contribution in [0.3, 0.4) is 0 Å². The van der Waals surface area contributed by atoms with Gasteiger partial charge in [-0.2, -0.15) is 0 Å². The number of hydrogen-bond acceptors (Lipinski definition) is 2. The van der Waals surface area contributed by atoms with Crippen LogP contribution in [0.2, 0.25) is 0 Å². The molecule has 0 bridgehead atoms. The van der Waals surface area contributed by atoms with Crippen molar-refractivity contribution in [2.45, 2.75) is 13.8 Å². The molecule has 0 saturated carbocycles. The Morgan fingerprint density at radius 3 is 2.85 bits per heavy atom. The Balaban J connectivity index is 2.83. The average molecular weight is 195 g/mol. The summed E-state index contributed by atoms with van der Waals surface area (Å²) in [4.78, 5) is 12.7. The largest absolute Gasteiger partial charge is 0.477 e. The van der Waals surface area contributed by atoms with Gasteiger partial charge in [-0.25, -0.2) is 4.79 Å². The molecule has 2 aromatic rings. The van der Waals surface area contributed by atoms with Crippen molar-refractivity contribution in [1.82, 2.24) is 4.40 Å². The third kappa shape index (κ3) is 1.14. The van der Waals surface area contributed by atoms with Crippen LogP contribution in [-0.4, -0.2) is 15.5 Å². The number of aromatic nitrogens is 1. The van der Waals surface area contributed by atoms with Gasteiger partial charge in [0.05, 0.1) is 0 Å². The first-order valence-corrected chi connectivity index (χ1v) is 4.72. The smallest absolute Gasteiger partial charge is 0.354 e. The Morgan fingerprint density at radius 2 is 2.23 bits per heavy atom. The Morgan fingerprint density at radius 1 is 1.54 bits per heavy atom. The van der Waals surface area contributed by atoms with Gasteiger partial charge in [0.15, 0.2) is 0 Å². The molecule has 4 heteroatoms. The van der Waals surface area contributed by atoms with Crippen molar-refractivity contribution < 1.29 is 9.90 Å². The van der Waals surface area contributed by atoms with E-state index < -0.39 is 5.97 Å². The van der Waals surface area contributed by atoms with Gasteiger partial charge in [-0.05, 0) is 25.5 Å². The summed E-state index contributed by atoms with van der Waals surface area (Å²) in [6, 6.07) is 1.99. The number of aryl methyl sites for hydroxylation is 2. The van der Waals surface area contributed by atoms with Gasteiger partial charge in [0, 0.05) is 11.1 Å². The molecule has 0 amide bonds. The molecule has 0 aliphatic heterocycles. The number of aromatic carboxylic acids is 1. The van der Waals surface area contributed by atoms with Gasteiger partial charge in [0.25, 0.3) is 0 Å². The number of nitrogens with zero attached hydrogens (tertiary/aromatic N) is 1. The average Bonchev–Trinajstić information content (AvgIpc) is 2.41. The number of carbonyl (C=O) groups is 1. The third-order valence-corrected chi connectivity index (χ3v) is 2.98. The maximum absolute atomic E-state index is 10.9. The van der Waals surface area contributed by atoms with Crippen molar-refractivity contribution in [3.63, 3.8) is 0 Å². The Hall–Kier alpha value is -1.29. The van der Waals surface area contributed by atoms with Crippen LogP contribution in [-0.2, 0) is 0 Å². The molecule has 0 unspecified atom stereocenters. The summed E-state index contributed by atoms with van der Waals surface area (Å²) in [5, 5.41) is 8.95. The summed E-state index contributed by atoms with van der Waals surface area (Å²) in [5.74, 6) is -0.862. The lowest BCUT2D eigenvalue weighted by atomic mass is 10.4. The molecule has 0 radical (unpaired) electrons. The molecule has 0 aromatic carbocycles. The van der Waals surface area contributed by atoms with Gasteiger partial charge in [0.2, 0.25) is 0 Å². The third-order valence-electron chi connectivity index (χ3n) is 1.96. The van der Waals surface area contributed by atoms with E-state index in [2.05, 4.69) is 0 Å². The molecule has 0 saturated heterocycles. The quantitative estimate of drug-likeness (QED) is 0.758. The molecule has 0 fully saturated rings. The number of fused-ring (bicyclic) bond motifs is 1. The summed E-state index contributed by atoms with van der Waals surface area (Å²) in [7, 11) is 0. The summed E-state index contributed by atoms with van der Waals surface area (Å²) in [5.41, 5.74) is 1.47. The first-order valence-electron chi connectivity index (χ1n) is 3.91. The molecule has 2 heterocycles. The standard InChI is InChI=1S/C9H9NO2S/c1-5-3-7-10(4-5)8(9(11)12)6(2)13-7/h3-4H,1-2H3,(H,11,12). The first-order chi connectivity index (χ1) is 6.09. The lowest BCUT2D eigenvalue weighted by molar-refractivity contribution is 0.0689. The monoisotopic (exact) mass is 195 g/mol. The fraction of sp³-hybridized carbons (Fsp3) is 0.222. The maximum Gasteiger partial charge on any atom is 0.354 e. The van der Waals surface area contributed by atoms with E-state index >= 15 is 0 Å². The van der Waals surface area contributed by atoms with Gasteiger partial charge in [-0.3, -0.25) is 0 Å².